The van der Waals surface area contributed by atoms with Crippen molar-refractivity contribution in [2.45, 2.75) is 97.5 Å². The van der Waals surface area contributed by atoms with Crippen LogP contribution in [-0.4, -0.2) is 6.71 Å². The highest BCUT2D eigenvalue weighted by atomic mass is 14.0. The van der Waals surface area contributed by atoms with Crippen molar-refractivity contribution in [2.24, 2.45) is 0 Å². The van der Waals surface area contributed by atoms with Gasteiger partial charge in [0, 0.05) is 0 Å². The number of unbranched alkanes of at least 4 members (excludes halogenated alkanes) is 8. The lowest BCUT2D eigenvalue weighted by molar-refractivity contribution is 0.571. The van der Waals surface area contributed by atoms with Crippen molar-refractivity contribution in [3.05, 3.63) is 0 Å². The van der Waals surface area contributed by atoms with Crippen molar-refractivity contribution in [3.63, 3.8) is 0 Å². The van der Waals surface area contributed by atoms with Crippen LogP contribution in [0.25, 0.3) is 0 Å². The first-order valence-corrected chi connectivity index (χ1v) is 7.85. The zero-order chi connectivity index (χ0) is 12.1. The molecule has 0 saturated heterocycles. The second-order valence-electron chi connectivity index (χ2n) is 5.30. The molecule has 0 bridgehead atoms. The summed E-state index contributed by atoms with van der Waals surface area (Å²) in [6.45, 7) is 7.96. The Morgan fingerprint density at radius 3 is 1.44 bits per heavy atom. The van der Waals surface area contributed by atoms with E-state index in [-0.39, 0.29) is 0 Å². The van der Waals surface area contributed by atoms with Crippen molar-refractivity contribution < 1.29 is 0 Å². The highest BCUT2D eigenvalue weighted by Crippen LogP contribution is 2.14. The Morgan fingerprint density at radius 2 is 1.00 bits per heavy atom. The molecule has 0 spiro atoms. The summed E-state index contributed by atoms with van der Waals surface area (Å²) < 4.78 is 0. The molecule has 0 rings (SSSR count). The fraction of sp³-hybridized carbons (Fsp3) is 1.00. The van der Waals surface area contributed by atoms with Gasteiger partial charge in [0.15, 0.2) is 0 Å². The average Bonchev–Trinajstić information content (AvgIpc) is 2.32. The SMILES string of the molecule is CCCCCCCCCCCB(CC)CC. The van der Waals surface area contributed by atoms with Crippen LogP contribution in [0.1, 0.15) is 78.6 Å². The molecule has 0 saturated carbocycles. The molecule has 0 amide bonds. The highest BCUT2D eigenvalue weighted by Gasteiger charge is 2.06. The number of rotatable bonds is 12. The third kappa shape index (κ3) is 10.6. The smallest absolute Gasteiger partial charge is 0.0770 e. The predicted octanol–water partition coefficient (Wildman–Crippen LogP) is 6.05. The molecule has 0 unspecified atom stereocenters. The van der Waals surface area contributed by atoms with E-state index in [1.54, 1.807) is 0 Å². The third-order valence-electron chi connectivity index (χ3n) is 3.87. The Kier molecular flexibility index (Phi) is 13.2. The van der Waals surface area contributed by atoms with E-state index >= 15 is 0 Å². The summed E-state index contributed by atoms with van der Waals surface area (Å²) in [6, 6.07) is 0. The van der Waals surface area contributed by atoms with E-state index in [0.29, 0.717) is 0 Å². The van der Waals surface area contributed by atoms with Crippen LogP contribution in [0, 0.1) is 0 Å². The first kappa shape index (κ1) is 16.1. The quantitative estimate of drug-likeness (QED) is 0.279. The Balaban J connectivity index is 3.03. The van der Waals surface area contributed by atoms with Crippen LogP contribution in [0.2, 0.25) is 19.0 Å². The summed E-state index contributed by atoms with van der Waals surface area (Å²) in [6.07, 6.45) is 17.4. The van der Waals surface area contributed by atoms with Crippen LogP contribution < -0.4 is 0 Å². The molecule has 0 aliphatic carbocycles. The van der Waals surface area contributed by atoms with Gasteiger partial charge >= 0.3 is 0 Å². The van der Waals surface area contributed by atoms with Gasteiger partial charge in [-0.1, -0.05) is 97.5 Å². The van der Waals surface area contributed by atoms with Crippen molar-refractivity contribution in [1.82, 2.24) is 0 Å². The molecule has 96 valence electrons. The van der Waals surface area contributed by atoms with Gasteiger partial charge in [0.1, 0.15) is 6.71 Å². The molecule has 0 aromatic rings. The van der Waals surface area contributed by atoms with Gasteiger partial charge in [0.25, 0.3) is 0 Å². The summed E-state index contributed by atoms with van der Waals surface area (Å²) in [5.74, 6) is 0. The predicted molar refractivity (Wildman–Crippen MR) is 78.8 cm³/mol. The van der Waals surface area contributed by atoms with E-state index in [9.17, 15) is 0 Å². The molecular weight excluding hydrogens is 191 g/mol. The highest BCUT2D eigenvalue weighted by molar-refractivity contribution is 6.58. The molecule has 0 aliphatic rings. The number of hydrogen-bond acceptors (Lipinski definition) is 0. The molecule has 0 aromatic carbocycles. The van der Waals surface area contributed by atoms with Gasteiger partial charge in [-0.3, -0.25) is 0 Å². The largest absolute Gasteiger partial charge is 0.139 e. The summed E-state index contributed by atoms with van der Waals surface area (Å²) in [7, 11) is 0. The first-order valence-electron chi connectivity index (χ1n) is 7.85. The minimum Gasteiger partial charge on any atom is -0.0770 e. The summed E-state index contributed by atoms with van der Waals surface area (Å²) in [5.41, 5.74) is 0. The van der Waals surface area contributed by atoms with E-state index in [0.717, 1.165) is 6.71 Å². The number of hydrogen-bond donors (Lipinski definition) is 0. The van der Waals surface area contributed by atoms with Gasteiger partial charge in [-0.15, -0.1) is 0 Å². The van der Waals surface area contributed by atoms with Crippen molar-refractivity contribution in [1.29, 1.82) is 0 Å². The maximum absolute atomic E-state index is 2.34. The Bertz CT molecular complexity index is 119. The van der Waals surface area contributed by atoms with Gasteiger partial charge in [0.2, 0.25) is 0 Å². The summed E-state index contributed by atoms with van der Waals surface area (Å²) in [5, 5.41) is 0. The topological polar surface area (TPSA) is 0 Å². The second kappa shape index (κ2) is 13.1. The van der Waals surface area contributed by atoms with Crippen LogP contribution >= 0.6 is 0 Å². The fourth-order valence-electron chi connectivity index (χ4n) is 2.44. The van der Waals surface area contributed by atoms with Crippen LogP contribution in [0.15, 0.2) is 0 Å². The molecule has 0 aromatic heterocycles. The average molecular weight is 224 g/mol. The van der Waals surface area contributed by atoms with E-state index in [2.05, 4.69) is 20.8 Å². The van der Waals surface area contributed by atoms with Gasteiger partial charge in [0.05, 0.1) is 0 Å². The van der Waals surface area contributed by atoms with Crippen molar-refractivity contribution >= 4 is 6.71 Å². The molecule has 16 heavy (non-hydrogen) atoms. The standard InChI is InChI=1S/C15H33B/c1-4-7-8-9-10-11-12-13-14-15-16(5-2)6-3/h4-15H2,1-3H3. The maximum Gasteiger partial charge on any atom is 0.139 e. The Hall–Kier alpha value is 0.0649. The molecule has 0 radical (unpaired) electrons. The minimum absolute atomic E-state index is 1.00. The normalized spacial score (nSPS) is 10.7. The second-order valence-corrected chi connectivity index (χ2v) is 5.30. The minimum atomic E-state index is 1.00. The monoisotopic (exact) mass is 224 g/mol. The maximum atomic E-state index is 2.34. The zero-order valence-corrected chi connectivity index (χ0v) is 12.1. The summed E-state index contributed by atoms with van der Waals surface area (Å²) in [4.78, 5) is 0. The van der Waals surface area contributed by atoms with Crippen molar-refractivity contribution in [3.8, 4) is 0 Å². The molecular formula is C15H33B. The molecule has 0 nitrogen and oxygen atoms in total. The van der Waals surface area contributed by atoms with Crippen LogP contribution in [0.4, 0.5) is 0 Å². The molecule has 0 aliphatic heterocycles. The van der Waals surface area contributed by atoms with Crippen LogP contribution in [-0.2, 0) is 0 Å². The van der Waals surface area contributed by atoms with Crippen LogP contribution in [0.5, 0.6) is 0 Å². The lowest BCUT2D eigenvalue weighted by Gasteiger charge is -2.07. The van der Waals surface area contributed by atoms with E-state index in [1.807, 2.05) is 0 Å². The lowest BCUT2D eigenvalue weighted by Crippen LogP contribution is -2.07. The van der Waals surface area contributed by atoms with Gasteiger partial charge in [-0.2, -0.15) is 0 Å². The molecule has 0 heterocycles. The Labute approximate surface area is 105 Å². The molecule has 1 heteroatoms. The first-order chi connectivity index (χ1) is 7.85. The van der Waals surface area contributed by atoms with Crippen molar-refractivity contribution in [2.75, 3.05) is 0 Å². The molecule has 0 atom stereocenters. The fourth-order valence-corrected chi connectivity index (χ4v) is 2.44. The zero-order valence-electron chi connectivity index (χ0n) is 12.1. The lowest BCUT2D eigenvalue weighted by atomic mass is 9.43. The van der Waals surface area contributed by atoms with Gasteiger partial charge in [-0.25, -0.2) is 0 Å². The van der Waals surface area contributed by atoms with Crippen LogP contribution in [0.3, 0.4) is 0 Å². The third-order valence-corrected chi connectivity index (χ3v) is 3.87. The summed E-state index contributed by atoms with van der Waals surface area (Å²) >= 11 is 0. The molecule has 0 fully saturated rings. The van der Waals surface area contributed by atoms with E-state index in [1.165, 1.54) is 76.7 Å². The molecule has 0 N–H and O–H groups in total. The van der Waals surface area contributed by atoms with Gasteiger partial charge < -0.3 is 0 Å². The Morgan fingerprint density at radius 1 is 0.562 bits per heavy atom. The van der Waals surface area contributed by atoms with E-state index < -0.39 is 0 Å². The van der Waals surface area contributed by atoms with Gasteiger partial charge in [-0.05, 0) is 0 Å². The van der Waals surface area contributed by atoms with E-state index in [4.69, 9.17) is 0 Å².